The lowest BCUT2D eigenvalue weighted by atomic mass is 10.3. The topological polar surface area (TPSA) is 63.8 Å². The SMILES string of the molecule is NC(=S)c1nccnc1Nc1ccc(F)c(F)c1. The minimum absolute atomic E-state index is 0.0631. The third-order valence-corrected chi connectivity index (χ3v) is 2.31. The number of nitrogens with two attached hydrogens (primary N) is 1. The van der Waals surface area contributed by atoms with E-state index < -0.39 is 11.6 Å². The number of halogens is 2. The van der Waals surface area contributed by atoms with E-state index in [1.54, 1.807) is 0 Å². The molecule has 18 heavy (non-hydrogen) atoms. The molecule has 1 aromatic heterocycles. The van der Waals surface area contributed by atoms with Crippen molar-refractivity contribution in [3.63, 3.8) is 0 Å². The second-order valence-electron chi connectivity index (χ2n) is 3.37. The first-order chi connectivity index (χ1) is 8.58. The summed E-state index contributed by atoms with van der Waals surface area (Å²) in [4.78, 5) is 8.01. The number of thiocarbonyl (C=S) groups is 1. The van der Waals surface area contributed by atoms with Gasteiger partial charge in [0.15, 0.2) is 17.5 Å². The number of rotatable bonds is 3. The van der Waals surface area contributed by atoms with Gasteiger partial charge < -0.3 is 11.1 Å². The van der Waals surface area contributed by atoms with Crippen LogP contribution in [0.5, 0.6) is 0 Å². The first kappa shape index (κ1) is 12.3. The van der Waals surface area contributed by atoms with Crippen molar-refractivity contribution >= 4 is 28.7 Å². The Balaban J connectivity index is 2.34. The summed E-state index contributed by atoms with van der Waals surface area (Å²) >= 11 is 4.81. The van der Waals surface area contributed by atoms with Gasteiger partial charge >= 0.3 is 0 Å². The molecule has 1 heterocycles. The highest BCUT2D eigenvalue weighted by Crippen LogP contribution is 2.19. The molecule has 0 saturated carbocycles. The largest absolute Gasteiger partial charge is 0.388 e. The van der Waals surface area contributed by atoms with Crippen LogP contribution in [0.1, 0.15) is 5.69 Å². The smallest absolute Gasteiger partial charge is 0.160 e. The van der Waals surface area contributed by atoms with Crippen LogP contribution in [0.3, 0.4) is 0 Å². The fourth-order valence-corrected chi connectivity index (χ4v) is 1.47. The van der Waals surface area contributed by atoms with Crippen molar-refractivity contribution in [1.82, 2.24) is 9.97 Å². The minimum atomic E-state index is -0.958. The average molecular weight is 266 g/mol. The highest BCUT2D eigenvalue weighted by Gasteiger charge is 2.09. The summed E-state index contributed by atoms with van der Waals surface area (Å²) in [6.07, 6.45) is 2.87. The summed E-state index contributed by atoms with van der Waals surface area (Å²) in [6, 6.07) is 3.39. The minimum Gasteiger partial charge on any atom is -0.388 e. The van der Waals surface area contributed by atoms with Crippen molar-refractivity contribution < 1.29 is 8.78 Å². The van der Waals surface area contributed by atoms with Gasteiger partial charge in [-0.2, -0.15) is 0 Å². The van der Waals surface area contributed by atoms with Crippen molar-refractivity contribution in [1.29, 1.82) is 0 Å². The third-order valence-electron chi connectivity index (χ3n) is 2.11. The molecule has 0 aliphatic heterocycles. The predicted octanol–water partition coefficient (Wildman–Crippen LogP) is 2.13. The maximum Gasteiger partial charge on any atom is 0.160 e. The van der Waals surface area contributed by atoms with Crippen LogP contribution in [0, 0.1) is 11.6 Å². The highest BCUT2D eigenvalue weighted by molar-refractivity contribution is 7.80. The summed E-state index contributed by atoms with van der Waals surface area (Å²) in [5, 5.41) is 2.77. The van der Waals surface area contributed by atoms with Gasteiger partial charge in [-0.3, -0.25) is 0 Å². The number of benzene rings is 1. The Labute approximate surface area is 107 Å². The zero-order chi connectivity index (χ0) is 13.1. The van der Waals surface area contributed by atoms with E-state index in [9.17, 15) is 8.78 Å². The average Bonchev–Trinajstić information content (AvgIpc) is 2.34. The third kappa shape index (κ3) is 2.57. The molecule has 92 valence electrons. The van der Waals surface area contributed by atoms with Crippen LogP contribution in [-0.2, 0) is 0 Å². The number of hydrogen-bond donors (Lipinski definition) is 2. The second-order valence-corrected chi connectivity index (χ2v) is 3.81. The molecule has 0 radical (unpaired) electrons. The number of aromatic nitrogens is 2. The van der Waals surface area contributed by atoms with E-state index >= 15 is 0 Å². The maximum atomic E-state index is 13.0. The molecule has 0 amide bonds. The van der Waals surface area contributed by atoms with Crippen LogP contribution >= 0.6 is 12.2 Å². The van der Waals surface area contributed by atoms with Gasteiger partial charge in [0.1, 0.15) is 10.7 Å². The number of nitrogens with one attached hydrogen (secondary N) is 1. The molecule has 0 bridgehead atoms. The Bertz CT molecular complexity index is 603. The second kappa shape index (κ2) is 5.01. The molecule has 0 unspecified atom stereocenters. The Hall–Kier alpha value is -2.15. The Kier molecular flexibility index (Phi) is 3.42. The zero-order valence-corrected chi connectivity index (χ0v) is 9.84. The van der Waals surface area contributed by atoms with E-state index in [-0.39, 0.29) is 16.5 Å². The van der Waals surface area contributed by atoms with Gasteiger partial charge in [0.2, 0.25) is 0 Å². The lowest BCUT2D eigenvalue weighted by Crippen LogP contribution is -2.15. The summed E-state index contributed by atoms with van der Waals surface area (Å²) < 4.78 is 25.8. The molecular weight excluding hydrogens is 258 g/mol. The first-order valence-electron chi connectivity index (χ1n) is 4.91. The van der Waals surface area contributed by atoms with Gasteiger partial charge in [-0.1, -0.05) is 12.2 Å². The molecule has 3 N–H and O–H groups in total. The van der Waals surface area contributed by atoms with Crippen molar-refractivity contribution in [2.24, 2.45) is 5.73 Å². The number of hydrogen-bond acceptors (Lipinski definition) is 4. The lowest BCUT2D eigenvalue weighted by molar-refractivity contribution is 0.509. The lowest BCUT2D eigenvalue weighted by Gasteiger charge is -2.08. The Morgan fingerprint density at radius 3 is 2.56 bits per heavy atom. The van der Waals surface area contributed by atoms with Crippen molar-refractivity contribution in [2.45, 2.75) is 0 Å². The van der Waals surface area contributed by atoms with Crippen LogP contribution in [0.4, 0.5) is 20.3 Å². The van der Waals surface area contributed by atoms with Crippen LogP contribution < -0.4 is 11.1 Å². The fraction of sp³-hybridized carbons (Fsp3) is 0. The predicted molar refractivity (Wildman–Crippen MR) is 67.6 cm³/mol. The molecular formula is C11H8F2N4S. The summed E-state index contributed by atoms with van der Waals surface area (Å²) in [5.74, 6) is -1.59. The van der Waals surface area contributed by atoms with Crippen LogP contribution in [0.15, 0.2) is 30.6 Å². The standard InChI is InChI=1S/C11H8F2N4S/c12-7-2-1-6(5-8(7)13)17-11-9(10(14)18)15-3-4-16-11/h1-5H,(H2,14,18)(H,16,17). The van der Waals surface area contributed by atoms with E-state index in [1.807, 2.05) is 0 Å². The van der Waals surface area contributed by atoms with E-state index in [4.69, 9.17) is 18.0 Å². The summed E-state index contributed by atoms with van der Waals surface area (Å²) in [7, 11) is 0. The molecule has 0 fully saturated rings. The van der Waals surface area contributed by atoms with Crippen LogP contribution in [0.2, 0.25) is 0 Å². The quantitative estimate of drug-likeness (QED) is 0.833. The molecule has 2 aromatic rings. The molecule has 1 aromatic carbocycles. The highest BCUT2D eigenvalue weighted by atomic mass is 32.1. The Morgan fingerprint density at radius 1 is 1.17 bits per heavy atom. The van der Waals surface area contributed by atoms with Crippen molar-refractivity contribution in [3.8, 4) is 0 Å². The van der Waals surface area contributed by atoms with Gasteiger partial charge in [-0.05, 0) is 12.1 Å². The molecule has 0 aliphatic rings. The fourth-order valence-electron chi connectivity index (χ4n) is 1.32. The molecule has 0 saturated heterocycles. The van der Waals surface area contributed by atoms with Crippen molar-refractivity contribution in [2.75, 3.05) is 5.32 Å². The van der Waals surface area contributed by atoms with Crippen LogP contribution in [-0.4, -0.2) is 15.0 Å². The van der Waals surface area contributed by atoms with Gasteiger partial charge in [-0.15, -0.1) is 0 Å². The van der Waals surface area contributed by atoms with Gasteiger partial charge in [0, 0.05) is 24.1 Å². The Morgan fingerprint density at radius 2 is 1.89 bits per heavy atom. The maximum absolute atomic E-state index is 13.0. The molecule has 2 rings (SSSR count). The first-order valence-corrected chi connectivity index (χ1v) is 5.31. The molecule has 0 atom stereocenters. The van der Waals surface area contributed by atoms with E-state index in [2.05, 4.69) is 15.3 Å². The monoisotopic (exact) mass is 266 g/mol. The molecule has 4 nitrogen and oxygen atoms in total. The summed E-state index contributed by atoms with van der Waals surface area (Å²) in [5.41, 5.74) is 6.09. The summed E-state index contributed by atoms with van der Waals surface area (Å²) in [6.45, 7) is 0. The van der Waals surface area contributed by atoms with Gasteiger partial charge in [0.25, 0.3) is 0 Å². The van der Waals surface area contributed by atoms with Crippen molar-refractivity contribution in [3.05, 3.63) is 47.9 Å². The van der Waals surface area contributed by atoms with Gasteiger partial charge in [0.05, 0.1) is 0 Å². The number of anilines is 2. The molecule has 0 aliphatic carbocycles. The molecule has 0 spiro atoms. The zero-order valence-electron chi connectivity index (χ0n) is 9.02. The van der Waals surface area contributed by atoms with E-state index in [0.717, 1.165) is 12.1 Å². The number of nitrogens with zero attached hydrogens (tertiary/aromatic N) is 2. The van der Waals surface area contributed by atoms with Crippen LogP contribution in [0.25, 0.3) is 0 Å². The normalized spacial score (nSPS) is 10.1. The van der Waals surface area contributed by atoms with Gasteiger partial charge in [-0.25, -0.2) is 18.7 Å². The molecule has 7 heteroatoms. The van der Waals surface area contributed by atoms with E-state index in [0.29, 0.717) is 5.69 Å². The van der Waals surface area contributed by atoms with E-state index in [1.165, 1.54) is 18.5 Å².